The average Bonchev–Trinajstić information content (AvgIpc) is 2.62. The van der Waals surface area contributed by atoms with Crippen molar-refractivity contribution in [3.05, 3.63) is 42.9 Å². The van der Waals surface area contributed by atoms with Gasteiger partial charge in [0.15, 0.2) is 9.84 Å². The van der Waals surface area contributed by atoms with Crippen LogP contribution in [0.15, 0.2) is 47.8 Å². The van der Waals surface area contributed by atoms with E-state index in [1.165, 1.54) is 12.1 Å². The standard InChI is InChI=1S/C17H20N4O3S/c1-25(23,24)15-4-2-3-14(11-15)20-17(22)13-5-9-21(10-6-13)16-12-18-7-8-19-16/h2-4,7-8,11-13H,5-6,9-10H2,1H3,(H,20,22). The van der Waals surface area contributed by atoms with Gasteiger partial charge in [0.1, 0.15) is 5.82 Å². The van der Waals surface area contributed by atoms with E-state index in [0.29, 0.717) is 18.5 Å². The van der Waals surface area contributed by atoms with E-state index in [2.05, 4.69) is 20.2 Å². The second-order valence-electron chi connectivity index (χ2n) is 6.11. The normalized spacial score (nSPS) is 15.8. The van der Waals surface area contributed by atoms with Gasteiger partial charge in [-0.2, -0.15) is 0 Å². The molecule has 1 N–H and O–H groups in total. The highest BCUT2D eigenvalue weighted by atomic mass is 32.2. The van der Waals surface area contributed by atoms with E-state index in [4.69, 9.17) is 0 Å². The molecule has 1 amide bonds. The molecule has 1 aliphatic rings. The monoisotopic (exact) mass is 360 g/mol. The molecular formula is C17H20N4O3S. The number of nitrogens with zero attached hydrogens (tertiary/aromatic N) is 3. The molecule has 1 aliphatic heterocycles. The molecule has 0 atom stereocenters. The fraction of sp³-hybridized carbons (Fsp3) is 0.353. The van der Waals surface area contributed by atoms with Crippen molar-refractivity contribution in [1.29, 1.82) is 0 Å². The molecule has 0 radical (unpaired) electrons. The first-order chi connectivity index (χ1) is 11.9. The summed E-state index contributed by atoms with van der Waals surface area (Å²) < 4.78 is 23.2. The van der Waals surface area contributed by atoms with Gasteiger partial charge in [0.05, 0.1) is 11.1 Å². The van der Waals surface area contributed by atoms with Crippen molar-refractivity contribution in [3.8, 4) is 0 Å². The minimum atomic E-state index is -3.29. The quantitative estimate of drug-likeness (QED) is 0.893. The van der Waals surface area contributed by atoms with Crippen LogP contribution >= 0.6 is 0 Å². The maximum Gasteiger partial charge on any atom is 0.227 e. The lowest BCUT2D eigenvalue weighted by molar-refractivity contribution is -0.120. The van der Waals surface area contributed by atoms with E-state index >= 15 is 0 Å². The largest absolute Gasteiger partial charge is 0.355 e. The van der Waals surface area contributed by atoms with Crippen molar-refractivity contribution < 1.29 is 13.2 Å². The Balaban J connectivity index is 1.60. The van der Waals surface area contributed by atoms with Crippen LogP contribution in [0.25, 0.3) is 0 Å². The lowest BCUT2D eigenvalue weighted by Gasteiger charge is -2.31. The van der Waals surface area contributed by atoms with Crippen LogP contribution in [-0.4, -0.2) is 43.6 Å². The molecule has 1 aromatic carbocycles. The van der Waals surface area contributed by atoms with E-state index < -0.39 is 9.84 Å². The van der Waals surface area contributed by atoms with Crippen molar-refractivity contribution in [3.63, 3.8) is 0 Å². The second-order valence-corrected chi connectivity index (χ2v) is 8.13. The zero-order valence-electron chi connectivity index (χ0n) is 13.9. The van der Waals surface area contributed by atoms with Gasteiger partial charge in [0, 0.05) is 43.3 Å². The molecule has 0 spiro atoms. The highest BCUT2D eigenvalue weighted by Crippen LogP contribution is 2.23. The smallest absolute Gasteiger partial charge is 0.227 e. The van der Waals surface area contributed by atoms with E-state index in [1.54, 1.807) is 30.7 Å². The molecule has 2 heterocycles. The van der Waals surface area contributed by atoms with Crippen LogP contribution in [0.2, 0.25) is 0 Å². The highest BCUT2D eigenvalue weighted by Gasteiger charge is 2.25. The number of piperidine rings is 1. The zero-order valence-corrected chi connectivity index (χ0v) is 14.7. The summed E-state index contributed by atoms with van der Waals surface area (Å²) in [6.45, 7) is 1.47. The van der Waals surface area contributed by atoms with Crippen LogP contribution in [0.5, 0.6) is 0 Å². The highest BCUT2D eigenvalue weighted by molar-refractivity contribution is 7.90. The molecule has 0 aliphatic carbocycles. The Bertz CT molecular complexity index is 847. The van der Waals surface area contributed by atoms with E-state index in [-0.39, 0.29) is 16.7 Å². The lowest BCUT2D eigenvalue weighted by Crippen LogP contribution is -2.38. The summed E-state index contributed by atoms with van der Waals surface area (Å²) >= 11 is 0. The van der Waals surface area contributed by atoms with Gasteiger partial charge < -0.3 is 10.2 Å². The number of carbonyl (C=O) groups is 1. The van der Waals surface area contributed by atoms with Crippen molar-refractivity contribution in [2.24, 2.45) is 5.92 Å². The minimum absolute atomic E-state index is 0.0792. The summed E-state index contributed by atoms with van der Waals surface area (Å²) in [5.41, 5.74) is 0.504. The maximum absolute atomic E-state index is 12.5. The zero-order chi connectivity index (χ0) is 17.9. The van der Waals surface area contributed by atoms with Crippen LogP contribution < -0.4 is 10.2 Å². The van der Waals surface area contributed by atoms with Gasteiger partial charge in [-0.3, -0.25) is 9.78 Å². The van der Waals surface area contributed by atoms with Crippen molar-refractivity contribution in [2.75, 3.05) is 29.6 Å². The number of aromatic nitrogens is 2. The SMILES string of the molecule is CS(=O)(=O)c1cccc(NC(=O)C2CCN(c3cnccn3)CC2)c1. The molecule has 0 bridgehead atoms. The van der Waals surface area contributed by atoms with Gasteiger partial charge in [-0.05, 0) is 31.0 Å². The molecule has 1 fully saturated rings. The molecular weight excluding hydrogens is 340 g/mol. The molecule has 3 rings (SSSR count). The number of sulfone groups is 1. The predicted molar refractivity (Wildman–Crippen MR) is 95.2 cm³/mol. The first kappa shape index (κ1) is 17.3. The van der Waals surface area contributed by atoms with Crippen LogP contribution in [0.3, 0.4) is 0 Å². The number of hydrogen-bond acceptors (Lipinski definition) is 6. The predicted octanol–water partition coefficient (Wildman–Crippen LogP) is 1.74. The molecule has 7 nitrogen and oxygen atoms in total. The number of rotatable bonds is 4. The third-order valence-corrected chi connectivity index (χ3v) is 5.38. The minimum Gasteiger partial charge on any atom is -0.355 e. The van der Waals surface area contributed by atoms with E-state index in [0.717, 1.165) is 25.2 Å². The van der Waals surface area contributed by atoms with E-state index in [1.807, 2.05) is 0 Å². The van der Waals surface area contributed by atoms with Crippen LogP contribution in [0.4, 0.5) is 11.5 Å². The van der Waals surface area contributed by atoms with E-state index in [9.17, 15) is 13.2 Å². The fourth-order valence-corrected chi connectivity index (χ4v) is 3.54. The van der Waals surface area contributed by atoms with Gasteiger partial charge in [-0.25, -0.2) is 13.4 Å². The van der Waals surface area contributed by atoms with Crippen molar-refractivity contribution >= 4 is 27.2 Å². The Labute approximate surface area is 147 Å². The van der Waals surface area contributed by atoms with Gasteiger partial charge in [-0.15, -0.1) is 0 Å². The van der Waals surface area contributed by atoms with Gasteiger partial charge in [0.25, 0.3) is 0 Å². The summed E-state index contributed by atoms with van der Waals surface area (Å²) in [5.74, 6) is 0.640. The summed E-state index contributed by atoms with van der Waals surface area (Å²) in [6, 6.07) is 6.33. The number of nitrogens with one attached hydrogen (secondary N) is 1. The van der Waals surface area contributed by atoms with Crippen LogP contribution in [-0.2, 0) is 14.6 Å². The molecule has 1 aromatic heterocycles. The molecule has 8 heteroatoms. The third-order valence-electron chi connectivity index (χ3n) is 4.27. The molecule has 132 valence electrons. The van der Waals surface area contributed by atoms with Crippen LogP contribution in [0.1, 0.15) is 12.8 Å². The number of hydrogen-bond donors (Lipinski definition) is 1. The van der Waals surface area contributed by atoms with Crippen LogP contribution in [0, 0.1) is 5.92 Å². The fourth-order valence-electron chi connectivity index (χ4n) is 2.87. The molecule has 1 saturated heterocycles. The average molecular weight is 360 g/mol. The molecule has 0 saturated carbocycles. The Kier molecular flexibility index (Phi) is 4.98. The summed E-state index contributed by atoms with van der Waals surface area (Å²) in [6.07, 6.45) is 7.59. The van der Waals surface area contributed by atoms with Gasteiger partial charge >= 0.3 is 0 Å². The Morgan fingerprint density at radius 3 is 2.64 bits per heavy atom. The summed E-state index contributed by atoms with van der Waals surface area (Å²) in [4.78, 5) is 23.1. The first-order valence-corrected chi connectivity index (χ1v) is 9.94. The maximum atomic E-state index is 12.5. The Hall–Kier alpha value is -2.48. The Morgan fingerprint density at radius 2 is 2.00 bits per heavy atom. The summed E-state index contributed by atoms with van der Waals surface area (Å²) in [7, 11) is -3.29. The van der Waals surface area contributed by atoms with Gasteiger partial charge in [0.2, 0.25) is 5.91 Å². The second kappa shape index (κ2) is 7.18. The molecule has 2 aromatic rings. The number of anilines is 2. The lowest BCUT2D eigenvalue weighted by atomic mass is 9.96. The number of carbonyl (C=O) groups excluding carboxylic acids is 1. The van der Waals surface area contributed by atoms with Gasteiger partial charge in [-0.1, -0.05) is 6.07 Å². The first-order valence-electron chi connectivity index (χ1n) is 8.05. The van der Waals surface area contributed by atoms with Crippen molar-refractivity contribution in [1.82, 2.24) is 9.97 Å². The molecule has 25 heavy (non-hydrogen) atoms. The third kappa shape index (κ3) is 4.33. The molecule has 0 unspecified atom stereocenters. The Morgan fingerprint density at radius 1 is 1.24 bits per heavy atom. The van der Waals surface area contributed by atoms with Crippen molar-refractivity contribution in [2.45, 2.75) is 17.7 Å². The number of benzene rings is 1. The summed E-state index contributed by atoms with van der Waals surface area (Å²) in [5, 5.41) is 2.83. The topological polar surface area (TPSA) is 92.3 Å². The number of amides is 1.